The van der Waals surface area contributed by atoms with Crippen molar-refractivity contribution in [2.24, 2.45) is 0 Å². The van der Waals surface area contributed by atoms with Gasteiger partial charge in [0.1, 0.15) is 5.75 Å². The van der Waals surface area contributed by atoms with E-state index in [4.69, 9.17) is 5.11 Å². The molecule has 1 aromatic heterocycles. The highest BCUT2D eigenvalue weighted by Gasteiger charge is 2.31. The molecule has 4 nitrogen and oxygen atoms in total. The zero-order chi connectivity index (χ0) is 14.0. The molecule has 19 heavy (non-hydrogen) atoms. The Kier molecular flexibility index (Phi) is 3.20. The predicted octanol–water partition coefficient (Wildman–Crippen LogP) is 3.16. The lowest BCUT2D eigenvalue weighted by Gasteiger charge is -2.08. The molecule has 2 N–H and O–H groups in total. The smallest absolute Gasteiger partial charge is 0.478 e. The first kappa shape index (κ1) is 13.0. The third-order valence-electron chi connectivity index (χ3n) is 2.32. The van der Waals surface area contributed by atoms with Crippen LogP contribution in [-0.2, 0) is 4.79 Å². The molecule has 0 aliphatic rings. The second-order valence-corrected chi connectivity index (χ2v) is 3.67. The molecule has 0 aliphatic heterocycles. The number of fused-ring (bicyclic) bond motifs is 1. The van der Waals surface area contributed by atoms with E-state index < -0.39 is 12.3 Å². The van der Waals surface area contributed by atoms with Crippen molar-refractivity contribution in [3.05, 3.63) is 36.0 Å². The lowest BCUT2D eigenvalue weighted by Crippen LogP contribution is -2.16. The van der Waals surface area contributed by atoms with Crippen LogP contribution in [0.4, 0.5) is 13.2 Å². The van der Waals surface area contributed by atoms with E-state index in [1.165, 1.54) is 30.5 Å². The fourth-order valence-corrected chi connectivity index (χ4v) is 1.62. The lowest BCUT2D eigenvalue weighted by atomic mass is 10.1. The molecule has 100 valence electrons. The molecular formula is C12H8F3NO3. The molecular weight excluding hydrogens is 263 g/mol. The molecule has 0 amide bonds. The molecule has 0 aliphatic carbocycles. The second kappa shape index (κ2) is 4.68. The number of rotatable bonds is 3. The number of hydrogen-bond donors (Lipinski definition) is 2. The summed E-state index contributed by atoms with van der Waals surface area (Å²) in [5.74, 6) is -1.50. The van der Waals surface area contributed by atoms with Crippen LogP contribution in [-0.4, -0.2) is 22.4 Å². The Morgan fingerprint density at radius 2 is 2.11 bits per heavy atom. The Morgan fingerprint density at radius 3 is 2.74 bits per heavy atom. The van der Waals surface area contributed by atoms with Gasteiger partial charge < -0.3 is 14.8 Å². The van der Waals surface area contributed by atoms with Gasteiger partial charge in [-0.25, -0.2) is 4.79 Å². The van der Waals surface area contributed by atoms with E-state index in [1.54, 1.807) is 0 Å². The molecule has 0 radical (unpaired) electrons. The van der Waals surface area contributed by atoms with E-state index in [2.05, 4.69) is 9.72 Å². The maximum absolute atomic E-state index is 12.1. The maximum atomic E-state index is 12.1. The first-order valence-electron chi connectivity index (χ1n) is 5.13. The number of carbonyl (C=O) groups is 1. The van der Waals surface area contributed by atoms with Crippen molar-refractivity contribution in [3.63, 3.8) is 0 Å². The minimum Gasteiger partial charge on any atom is -0.478 e. The topological polar surface area (TPSA) is 62.3 Å². The average molecular weight is 271 g/mol. The fraction of sp³-hybridized carbons (Fsp3) is 0.0833. The predicted molar refractivity (Wildman–Crippen MR) is 61.7 cm³/mol. The first-order chi connectivity index (χ1) is 8.85. The van der Waals surface area contributed by atoms with Crippen molar-refractivity contribution in [1.82, 2.24) is 4.98 Å². The van der Waals surface area contributed by atoms with E-state index in [9.17, 15) is 18.0 Å². The number of nitrogens with one attached hydrogen (secondary N) is 1. The van der Waals surface area contributed by atoms with Crippen LogP contribution in [0.5, 0.6) is 5.75 Å². The average Bonchev–Trinajstić information content (AvgIpc) is 2.66. The Bertz CT molecular complexity index is 643. The molecule has 1 aromatic carbocycles. The summed E-state index contributed by atoms with van der Waals surface area (Å²) >= 11 is 0. The largest absolute Gasteiger partial charge is 0.573 e. The van der Waals surface area contributed by atoms with Gasteiger partial charge in [0.15, 0.2) is 0 Å². The van der Waals surface area contributed by atoms with Crippen LogP contribution < -0.4 is 4.74 Å². The number of aromatic amines is 1. The van der Waals surface area contributed by atoms with Crippen molar-refractivity contribution in [2.75, 3.05) is 0 Å². The first-order valence-corrected chi connectivity index (χ1v) is 5.13. The van der Waals surface area contributed by atoms with E-state index in [-0.39, 0.29) is 5.75 Å². The normalized spacial score (nSPS) is 12.2. The molecule has 0 atom stereocenters. The van der Waals surface area contributed by atoms with Gasteiger partial charge in [0.25, 0.3) is 0 Å². The van der Waals surface area contributed by atoms with Gasteiger partial charge in [0.05, 0.1) is 0 Å². The minimum atomic E-state index is -4.76. The van der Waals surface area contributed by atoms with E-state index in [1.807, 2.05) is 0 Å². The van der Waals surface area contributed by atoms with E-state index in [0.717, 1.165) is 6.08 Å². The number of carboxylic acid groups (broad SMARTS) is 1. The summed E-state index contributed by atoms with van der Waals surface area (Å²) in [6.07, 6.45) is -1.07. The summed E-state index contributed by atoms with van der Waals surface area (Å²) in [5.41, 5.74) is 1.05. The van der Waals surface area contributed by atoms with Crippen LogP contribution in [0, 0.1) is 0 Å². The summed E-state index contributed by atoms with van der Waals surface area (Å²) in [6, 6.07) is 3.80. The van der Waals surface area contributed by atoms with Crippen molar-refractivity contribution >= 4 is 22.9 Å². The summed E-state index contributed by atoms with van der Waals surface area (Å²) in [7, 11) is 0. The molecule has 0 bridgehead atoms. The second-order valence-electron chi connectivity index (χ2n) is 3.67. The monoisotopic (exact) mass is 271 g/mol. The number of halogens is 3. The number of carboxylic acids is 1. The molecule has 0 unspecified atom stereocenters. The van der Waals surface area contributed by atoms with Crippen LogP contribution in [0.15, 0.2) is 30.5 Å². The molecule has 0 fully saturated rings. The summed E-state index contributed by atoms with van der Waals surface area (Å²) in [4.78, 5) is 13.2. The maximum Gasteiger partial charge on any atom is 0.573 e. The standard InChI is InChI=1S/C12H8F3NO3/c13-12(14,15)19-8-2-3-10-9(5-8)7(6-16-10)1-4-11(17)18/h1-6,16H,(H,17,18)/b4-1-. The molecule has 2 aromatic rings. The Morgan fingerprint density at radius 1 is 1.37 bits per heavy atom. The van der Waals surface area contributed by atoms with E-state index >= 15 is 0 Å². The lowest BCUT2D eigenvalue weighted by molar-refractivity contribution is -0.274. The molecule has 1 heterocycles. The number of alkyl halides is 3. The third-order valence-corrected chi connectivity index (χ3v) is 2.32. The SMILES string of the molecule is O=C(O)/C=C\c1c[nH]c2ccc(OC(F)(F)F)cc12. The molecule has 0 spiro atoms. The van der Waals surface area contributed by atoms with Crippen molar-refractivity contribution in [2.45, 2.75) is 6.36 Å². The highest BCUT2D eigenvalue weighted by molar-refractivity contribution is 5.93. The quantitative estimate of drug-likeness (QED) is 0.843. The molecule has 2 rings (SSSR count). The van der Waals surface area contributed by atoms with E-state index in [0.29, 0.717) is 16.5 Å². The van der Waals surface area contributed by atoms with Crippen LogP contribution in [0.1, 0.15) is 5.56 Å². The third kappa shape index (κ3) is 3.27. The van der Waals surface area contributed by atoms with Crippen LogP contribution in [0.25, 0.3) is 17.0 Å². The van der Waals surface area contributed by atoms with Crippen molar-refractivity contribution < 1.29 is 27.8 Å². The Hall–Kier alpha value is -2.44. The Balaban J connectivity index is 2.40. The van der Waals surface area contributed by atoms with Crippen LogP contribution in [0.2, 0.25) is 0 Å². The fourth-order valence-electron chi connectivity index (χ4n) is 1.62. The van der Waals surface area contributed by atoms with Gasteiger partial charge in [-0.3, -0.25) is 0 Å². The van der Waals surface area contributed by atoms with Gasteiger partial charge >= 0.3 is 12.3 Å². The summed E-state index contributed by atoms with van der Waals surface area (Å²) in [6.45, 7) is 0. The number of H-pyrrole nitrogens is 1. The van der Waals surface area contributed by atoms with Gasteiger partial charge in [-0.1, -0.05) is 0 Å². The Labute approximate surface area is 105 Å². The van der Waals surface area contributed by atoms with Crippen LogP contribution >= 0.6 is 0 Å². The van der Waals surface area contributed by atoms with Gasteiger partial charge in [-0.2, -0.15) is 0 Å². The number of aromatic nitrogens is 1. The number of ether oxygens (including phenoxy) is 1. The number of benzene rings is 1. The highest BCUT2D eigenvalue weighted by atomic mass is 19.4. The number of hydrogen-bond acceptors (Lipinski definition) is 2. The highest BCUT2D eigenvalue weighted by Crippen LogP contribution is 2.28. The molecule has 0 saturated heterocycles. The number of aliphatic carboxylic acids is 1. The summed E-state index contributed by atoms with van der Waals surface area (Å²) in [5, 5.41) is 8.97. The van der Waals surface area contributed by atoms with Gasteiger partial charge in [-0.15, -0.1) is 13.2 Å². The van der Waals surface area contributed by atoms with Crippen molar-refractivity contribution in [3.8, 4) is 5.75 Å². The molecule has 0 saturated carbocycles. The summed E-state index contributed by atoms with van der Waals surface area (Å²) < 4.78 is 40.1. The van der Waals surface area contributed by atoms with Crippen LogP contribution in [0.3, 0.4) is 0 Å². The van der Waals surface area contributed by atoms with Gasteiger partial charge in [-0.05, 0) is 24.3 Å². The zero-order valence-corrected chi connectivity index (χ0v) is 9.36. The van der Waals surface area contributed by atoms with Gasteiger partial charge in [0, 0.05) is 28.7 Å². The molecule has 7 heteroatoms. The zero-order valence-electron chi connectivity index (χ0n) is 9.36. The minimum absolute atomic E-state index is 0.357. The van der Waals surface area contributed by atoms with Crippen molar-refractivity contribution in [1.29, 1.82) is 0 Å². The van der Waals surface area contributed by atoms with Gasteiger partial charge in [0.2, 0.25) is 0 Å².